The van der Waals surface area contributed by atoms with Crippen LogP contribution in [0.4, 0.5) is 0 Å². The number of rotatable bonds is 7. The Balaban J connectivity index is 1.57. The number of amides is 2. The SMILES string of the molecule is CCOc1ccc(C(=O)COC(=O)[C@H](C)N2C(=O)[C@@H]3CC=CC[C@H]3C2=O)cc1. The maximum absolute atomic E-state index is 12.5. The van der Waals surface area contributed by atoms with Crippen LogP contribution in [0.3, 0.4) is 0 Å². The van der Waals surface area contributed by atoms with Crippen LogP contribution in [0.1, 0.15) is 37.0 Å². The van der Waals surface area contributed by atoms with E-state index in [-0.39, 0.29) is 17.6 Å². The summed E-state index contributed by atoms with van der Waals surface area (Å²) in [7, 11) is 0. The summed E-state index contributed by atoms with van der Waals surface area (Å²) in [5.74, 6) is -2.00. The Kier molecular flexibility index (Phi) is 5.92. The van der Waals surface area contributed by atoms with E-state index in [4.69, 9.17) is 9.47 Å². The third-order valence-corrected chi connectivity index (χ3v) is 5.10. The molecule has 1 saturated heterocycles. The van der Waals surface area contributed by atoms with Gasteiger partial charge in [0.05, 0.1) is 18.4 Å². The number of Topliss-reactive ketones (excluding diaryl/α,β-unsaturated/α-hetero) is 1. The normalized spacial score (nSPS) is 22.0. The van der Waals surface area contributed by atoms with Crippen molar-refractivity contribution in [2.75, 3.05) is 13.2 Å². The fourth-order valence-corrected chi connectivity index (χ4v) is 3.56. The van der Waals surface area contributed by atoms with E-state index in [1.807, 2.05) is 19.1 Å². The van der Waals surface area contributed by atoms with Gasteiger partial charge in [-0.05, 0) is 51.0 Å². The van der Waals surface area contributed by atoms with Crippen molar-refractivity contribution in [1.29, 1.82) is 0 Å². The van der Waals surface area contributed by atoms with E-state index >= 15 is 0 Å². The zero-order valence-corrected chi connectivity index (χ0v) is 15.9. The highest BCUT2D eigenvalue weighted by molar-refractivity contribution is 6.08. The zero-order valence-electron chi connectivity index (χ0n) is 15.9. The molecule has 3 rings (SSSR count). The molecule has 1 fully saturated rings. The van der Waals surface area contributed by atoms with Gasteiger partial charge in [0.25, 0.3) is 0 Å². The standard InChI is InChI=1S/C21H23NO6/c1-3-27-15-10-8-14(9-11-15)18(23)12-28-21(26)13(2)22-19(24)16-6-4-5-7-17(16)20(22)25/h4-5,8-11,13,16-17H,3,6-7,12H2,1-2H3/t13-,16+,17+/m0/s1. The van der Waals surface area contributed by atoms with Gasteiger partial charge in [-0.25, -0.2) is 4.79 Å². The van der Waals surface area contributed by atoms with Crippen LogP contribution in [-0.4, -0.2) is 47.7 Å². The molecule has 3 atom stereocenters. The summed E-state index contributed by atoms with van der Waals surface area (Å²) in [5, 5.41) is 0. The molecule has 0 bridgehead atoms. The molecule has 148 valence electrons. The lowest BCUT2D eigenvalue weighted by Gasteiger charge is -2.21. The van der Waals surface area contributed by atoms with Crippen molar-refractivity contribution in [3.8, 4) is 5.75 Å². The lowest BCUT2D eigenvalue weighted by molar-refractivity contribution is -0.157. The fraction of sp³-hybridized carbons (Fsp3) is 0.429. The Hall–Kier alpha value is -2.96. The number of imide groups is 1. The first-order chi connectivity index (χ1) is 13.4. The minimum Gasteiger partial charge on any atom is -0.494 e. The van der Waals surface area contributed by atoms with Crippen molar-refractivity contribution in [2.45, 2.75) is 32.7 Å². The first kappa shape index (κ1) is 19.8. The third-order valence-electron chi connectivity index (χ3n) is 5.10. The highest BCUT2D eigenvalue weighted by Gasteiger charge is 2.50. The number of carbonyl (C=O) groups is 4. The number of carbonyl (C=O) groups excluding carboxylic acids is 4. The molecule has 2 aliphatic rings. The predicted octanol–water partition coefficient (Wildman–Crippen LogP) is 2.15. The Morgan fingerprint density at radius 2 is 1.64 bits per heavy atom. The first-order valence-corrected chi connectivity index (χ1v) is 9.38. The van der Waals surface area contributed by atoms with E-state index in [9.17, 15) is 19.2 Å². The van der Waals surface area contributed by atoms with Gasteiger partial charge in [-0.1, -0.05) is 12.2 Å². The molecule has 7 nitrogen and oxygen atoms in total. The summed E-state index contributed by atoms with van der Waals surface area (Å²) in [5.41, 5.74) is 0.384. The van der Waals surface area contributed by atoms with Gasteiger partial charge in [0.1, 0.15) is 11.8 Å². The van der Waals surface area contributed by atoms with E-state index in [0.29, 0.717) is 30.8 Å². The van der Waals surface area contributed by atoms with E-state index < -0.39 is 30.5 Å². The van der Waals surface area contributed by atoms with E-state index in [0.717, 1.165) is 4.90 Å². The van der Waals surface area contributed by atoms with Crippen molar-refractivity contribution in [1.82, 2.24) is 4.90 Å². The lowest BCUT2D eigenvalue weighted by atomic mass is 9.85. The summed E-state index contributed by atoms with van der Waals surface area (Å²) in [6.07, 6.45) is 4.77. The number of likely N-dealkylation sites (tertiary alicyclic amines) is 1. The molecule has 1 heterocycles. The molecule has 28 heavy (non-hydrogen) atoms. The van der Waals surface area contributed by atoms with Gasteiger partial charge in [0, 0.05) is 5.56 Å². The largest absolute Gasteiger partial charge is 0.494 e. The molecule has 0 N–H and O–H groups in total. The van der Waals surface area contributed by atoms with Crippen LogP contribution in [-0.2, 0) is 19.1 Å². The third kappa shape index (κ3) is 3.83. The molecule has 0 radical (unpaired) electrons. The molecule has 2 amide bonds. The highest BCUT2D eigenvalue weighted by Crippen LogP contribution is 2.36. The van der Waals surface area contributed by atoms with Gasteiger partial charge in [0.2, 0.25) is 11.8 Å². The van der Waals surface area contributed by atoms with E-state index in [2.05, 4.69) is 0 Å². The van der Waals surface area contributed by atoms with Gasteiger partial charge >= 0.3 is 5.97 Å². The molecule has 7 heteroatoms. The number of ketones is 1. The molecule has 0 spiro atoms. The second kappa shape index (κ2) is 8.37. The van der Waals surface area contributed by atoms with E-state index in [1.54, 1.807) is 24.3 Å². The topological polar surface area (TPSA) is 90.0 Å². The molecule has 1 aliphatic heterocycles. The summed E-state index contributed by atoms with van der Waals surface area (Å²) < 4.78 is 10.4. The Labute approximate surface area is 163 Å². The first-order valence-electron chi connectivity index (χ1n) is 9.38. The van der Waals surface area contributed by atoms with Gasteiger partial charge in [0.15, 0.2) is 12.4 Å². The molecule has 0 aromatic heterocycles. The molecule has 1 aromatic rings. The zero-order chi connectivity index (χ0) is 20.3. The highest BCUT2D eigenvalue weighted by atomic mass is 16.5. The van der Waals surface area contributed by atoms with Crippen molar-refractivity contribution in [2.24, 2.45) is 11.8 Å². The monoisotopic (exact) mass is 385 g/mol. The van der Waals surface area contributed by atoms with Crippen LogP contribution in [0.25, 0.3) is 0 Å². The quantitative estimate of drug-likeness (QED) is 0.309. The Bertz CT molecular complexity index is 787. The van der Waals surface area contributed by atoms with Gasteiger partial charge < -0.3 is 9.47 Å². The number of allylic oxidation sites excluding steroid dienone is 2. The van der Waals surface area contributed by atoms with Gasteiger partial charge in [-0.15, -0.1) is 0 Å². The summed E-state index contributed by atoms with van der Waals surface area (Å²) >= 11 is 0. The van der Waals surface area contributed by atoms with Crippen molar-refractivity contribution in [3.05, 3.63) is 42.0 Å². The molecule has 1 aliphatic carbocycles. The summed E-state index contributed by atoms with van der Waals surface area (Å²) in [6, 6.07) is 5.46. The number of hydrogen-bond acceptors (Lipinski definition) is 6. The average Bonchev–Trinajstić information content (AvgIpc) is 2.97. The summed E-state index contributed by atoms with van der Waals surface area (Å²) in [6.45, 7) is 3.38. The second-order valence-electron chi connectivity index (χ2n) is 6.87. The van der Waals surface area contributed by atoms with Crippen LogP contribution in [0, 0.1) is 11.8 Å². The summed E-state index contributed by atoms with van der Waals surface area (Å²) in [4.78, 5) is 50.6. The van der Waals surface area contributed by atoms with Crippen LogP contribution >= 0.6 is 0 Å². The number of fused-ring (bicyclic) bond motifs is 1. The maximum Gasteiger partial charge on any atom is 0.329 e. The van der Waals surface area contributed by atoms with Crippen molar-refractivity contribution in [3.63, 3.8) is 0 Å². The van der Waals surface area contributed by atoms with E-state index in [1.165, 1.54) is 6.92 Å². The number of nitrogens with zero attached hydrogens (tertiary/aromatic N) is 1. The van der Waals surface area contributed by atoms with Crippen molar-refractivity contribution < 1.29 is 28.7 Å². The average molecular weight is 385 g/mol. The predicted molar refractivity (Wildman–Crippen MR) is 99.6 cm³/mol. The minimum absolute atomic E-state index is 0.346. The second-order valence-corrected chi connectivity index (χ2v) is 6.87. The number of hydrogen-bond donors (Lipinski definition) is 0. The van der Waals surface area contributed by atoms with Crippen LogP contribution in [0.2, 0.25) is 0 Å². The molecule has 0 unspecified atom stereocenters. The van der Waals surface area contributed by atoms with Crippen LogP contribution in [0.5, 0.6) is 5.75 Å². The minimum atomic E-state index is -1.06. The van der Waals surface area contributed by atoms with Gasteiger partial charge in [-0.2, -0.15) is 0 Å². The van der Waals surface area contributed by atoms with Crippen molar-refractivity contribution >= 4 is 23.6 Å². The Morgan fingerprint density at radius 1 is 1.07 bits per heavy atom. The number of benzene rings is 1. The smallest absolute Gasteiger partial charge is 0.329 e. The molecule has 1 aromatic carbocycles. The maximum atomic E-state index is 12.5. The molecular weight excluding hydrogens is 362 g/mol. The fourth-order valence-electron chi connectivity index (χ4n) is 3.56. The molecular formula is C21H23NO6. The Morgan fingerprint density at radius 3 is 2.18 bits per heavy atom. The number of esters is 1. The molecule has 0 saturated carbocycles. The van der Waals surface area contributed by atoms with Gasteiger partial charge in [-0.3, -0.25) is 19.3 Å². The van der Waals surface area contributed by atoms with Crippen LogP contribution < -0.4 is 4.74 Å². The van der Waals surface area contributed by atoms with Crippen LogP contribution in [0.15, 0.2) is 36.4 Å². The number of ether oxygens (including phenoxy) is 2. The lowest BCUT2D eigenvalue weighted by Crippen LogP contribution is -2.44.